The SMILES string of the molecule is COCC1OC(OC2C(OC)COC(OC3CCC4(C)C(CCC5(C)C4CC=C4C6CC(C)(C)CCC6(C(=O)OC)CCC45C)C3(C)C)C2OC)C(OC2OC(C)C(OC)C(OC)C2OC)C(OC)C1OC. The number of methoxy groups -OCH3 is 9. The number of carbonyl (C=O) groups excluding carboxylic acids is 1. The quantitative estimate of drug-likeness (QED) is 0.0842. The normalized spacial score (nSPS) is 48.8. The summed E-state index contributed by atoms with van der Waals surface area (Å²) in [4.78, 5) is 13.8. The number of hydrogen-bond acceptors (Lipinski definition) is 16. The van der Waals surface area contributed by atoms with E-state index in [1.807, 2.05) is 6.92 Å². The van der Waals surface area contributed by atoms with Crippen molar-refractivity contribution >= 4 is 5.97 Å². The molecule has 8 rings (SSSR count). The van der Waals surface area contributed by atoms with E-state index in [0.29, 0.717) is 11.8 Å². The minimum atomic E-state index is -1.06. The van der Waals surface area contributed by atoms with Gasteiger partial charge in [-0.1, -0.05) is 60.1 Å². The van der Waals surface area contributed by atoms with Gasteiger partial charge in [-0.05, 0) is 116 Å². The Kier molecular flexibility index (Phi) is 17.2. The van der Waals surface area contributed by atoms with Crippen LogP contribution in [0, 0.1) is 50.2 Å². The van der Waals surface area contributed by atoms with Gasteiger partial charge >= 0.3 is 5.97 Å². The lowest BCUT2D eigenvalue weighted by Crippen LogP contribution is -2.67. The van der Waals surface area contributed by atoms with Crippen molar-refractivity contribution < 1.29 is 75.8 Å². The largest absolute Gasteiger partial charge is 0.469 e. The molecule has 16 heteroatoms. The molecule has 72 heavy (non-hydrogen) atoms. The van der Waals surface area contributed by atoms with Gasteiger partial charge < -0.3 is 71.1 Å². The predicted octanol–water partition coefficient (Wildman–Crippen LogP) is 7.69. The van der Waals surface area contributed by atoms with Crippen LogP contribution < -0.4 is 0 Å². The van der Waals surface area contributed by atoms with E-state index in [1.54, 1.807) is 69.6 Å². The lowest BCUT2D eigenvalue weighted by atomic mass is 9.33. The summed E-state index contributed by atoms with van der Waals surface area (Å²) >= 11 is 0. The molecule has 0 amide bonds. The van der Waals surface area contributed by atoms with Gasteiger partial charge in [0.15, 0.2) is 18.9 Å². The number of ether oxygens (including phenoxy) is 15. The van der Waals surface area contributed by atoms with Crippen molar-refractivity contribution in [3.8, 4) is 0 Å². The highest BCUT2D eigenvalue weighted by Crippen LogP contribution is 2.76. The number of fused-ring (bicyclic) bond motifs is 7. The number of hydrogen-bond donors (Lipinski definition) is 0. The molecule has 0 aromatic heterocycles. The van der Waals surface area contributed by atoms with Crippen LogP contribution in [0.3, 0.4) is 0 Å². The van der Waals surface area contributed by atoms with Crippen LogP contribution >= 0.6 is 0 Å². The van der Waals surface area contributed by atoms with Crippen LogP contribution in [0.2, 0.25) is 0 Å². The Bertz CT molecular complexity index is 1880. The molecule has 4 saturated carbocycles. The maximum atomic E-state index is 13.8. The number of esters is 1. The van der Waals surface area contributed by atoms with E-state index in [4.69, 9.17) is 71.1 Å². The Labute approximate surface area is 431 Å². The summed E-state index contributed by atoms with van der Waals surface area (Å²) in [6.45, 7) is 19.7. The van der Waals surface area contributed by atoms with Crippen molar-refractivity contribution in [3.05, 3.63) is 11.6 Å². The summed E-state index contributed by atoms with van der Waals surface area (Å²) in [5.74, 6) is 1.11. The fraction of sp³-hybridized carbons (Fsp3) is 0.946. The third-order valence-electron chi connectivity index (χ3n) is 21.0. The zero-order chi connectivity index (χ0) is 52.3. The summed E-state index contributed by atoms with van der Waals surface area (Å²) in [5, 5.41) is 0. The van der Waals surface area contributed by atoms with Crippen molar-refractivity contribution in [2.75, 3.05) is 77.2 Å². The molecule has 8 aliphatic rings. The minimum Gasteiger partial charge on any atom is -0.469 e. The second kappa shape index (κ2) is 21.8. The topological polar surface area (TPSA) is 156 Å². The maximum Gasteiger partial charge on any atom is 0.312 e. The summed E-state index contributed by atoms with van der Waals surface area (Å²) in [5.41, 5.74) is 1.27. The fourth-order valence-electron chi connectivity index (χ4n) is 16.9. The smallest absolute Gasteiger partial charge is 0.312 e. The van der Waals surface area contributed by atoms with Gasteiger partial charge in [0.2, 0.25) is 0 Å². The average molecular weight is 1020 g/mol. The number of rotatable bonds is 16. The highest BCUT2D eigenvalue weighted by atomic mass is 16.8. The third-order valence-corrected chi connectivity index (χ3v) is 21.0. The Morgan fingerprint density at radius 3 is 1.85 bits per heavy atom. The lowest BCUT2D eigenvalue weighted by molar-refractivity contribution is -0.391. The number of carbonyl (C=O) groups is 1. The molecule has 22 atom stereocenters. The predicted molar refractivity (Wildman–Crippen MR) is 266 cm³/mol. The molecule has 0 aromatic carbocycles. The highest BCUT2D eigenvalue weighted by Gasteiger charge is 2.70. The molecule has 0 N–H and O–H groups in total. The van der Waals surface area contributed by atoms with Gasteiger partial charge in [0.05, 0.1) is 37.9 Å². The molecule has 0 aromatic rings. The van der Waals surface area contributed by atoms with Crippen molar-refractivity contribution in [3.63, 3.8) is 0 Å². The Morgan fingerprint density at radius 1 is 0.611 bits per heavy atom. The first-order chi connectivity index (χ1) is 34.2. The molecule has 0 bridgehead atoms. The summed E-state index contributed by atoms with van der Waals surface area (Å²) < 4.78 is 94.8. The zero-order valence-electron chi connectivity index (χ0n) is 47.0. The van der Waals surface area contributed by atoms with E-state index < -0.39 is 91.4 Å². The standard InChI is InChI=1S/C56H94O16/c1-31-39(60-11)42(62-13)45(65-16)48(68-31)72-46-43(63-14)40(61-12)35(29-58-9)69-49(46)71-41-34(59-10)30-67-47(44(41)64-15)70-38-21-22-53(6)36(52(38,4)5)20-23-55(8)37(53)19-18-32-33-28-51(2,3)24-26-56(33,50(57)66-17)27-25-54(32,55)7/h18,31,33-49H,19-30H2,1-17H3. The molecule has 414 valence electrons. The maximum absolute atomic E-state index is 13.8. The molecule has 3 aliphatic heterocycles. The van der Waals surface area contributed by atoms with Gasteiger partial charge in [0.1, 0.15) is 61.0 Å². The van der Waals surface area contributed by atoms with Crippen molar-refractivity contribution in [1.29, 1.82) is 0 Å². The average Bonchev–Trinajstić information content (AvgIpc) is 3.35. The molecule has 16 nitrogen and oxygen atoms in total. The Hall–Kier alpha value is -1.35. The van der Waals surface area contributed by atoms with Gasteiger partial charge in [0.25, 0.3) is 0 Å². The molecule has 0 radical (unpaired) electrons. The second-order valence-corrected chi connectivity index (χ2v) is 24.9. The first kappa shape index (κ1) is 56.8. The third kappa shape index (κ3) is 9.32. The van der Waals surface area contributed by atoms with Gasteiger partial charge in [-0.3, -0.25) is 4.79 Å². The van der Waals surface area contributed by atoms with Gasteiger partial charge in [-0.25, -0.2) is 0 Å². The van der Waals surface area contributed by atoms with Crippen molar-refractivity contribution in [1.82, 2.24) is 0 Å². The molecule has 7 fully saturated rings. The van der Waals surface area contributed by atoms with E-state index >= 15 is 0 Å². The van der Waals surface area contributed by atoms with Crippen molar-refractivity contribution in [2.24, 2.45) is 50.2 Å². The molecule has 3 heterocycles. The summed E-state index contributed by atoms with van der Waals surface area (Å²) in [6.07, 6.45) is 3.03. The molecular weight excluding hydrogens is 929 g/mol. The Balaban J connectivity index is 1.04. The van der Waals surface area contributed by atoms with Crippen LogP contribution in [0.15, 0.2) is 11.6 Å². The molecule has 3 saturated heterocycles. The Morgan fingerprint density at radius 2 is 1.22 bits per heavy atom. The van der Waals surface area contributed by atoms with Crippen LogP contribution in [0.5, 0.6) is 0 Å². The van der Waals surface area contributed by atoms with Crippen LogP contribution in [-0.4, -0.2) is 175 Å². The van der Waals surface area contributed by atoms with Gasteiger partial charge in [-0.2, -0.15) is 0 Å². The van der Waals surface area contributed by atoms with E-state index in [2.05, 4.69) is 54.5 Å². The van der Waals surface area contributed by atoms with Gasteiger partial charge in [-0.15, -0.1) is 0 Å². The lowest BCUT2D eigenvalue weighted by Gasteiger charge is -2.71. The second-order valence-electron chi connectivity index (χ2n) is 24.9. The summed E-state index contributed by atoms with van der Waals surface area (Å²) in [6, 6.07) is 0. The molecular formula is C56H94O16. The van der Waals surface area contributed by atoms with E-state index in [0.717, 1.165) is 64.2 Å². The van der Waals surface area contributed by atoms with Gasteiger partial charge in [0, 0.05) is 56.9 Å². The van der Waals surface area contributed by atoms with Crippen LogP contribution in [-0.2, 0) is 75.8 Å². The van der Waals surface area contributed by atoms with E-state index in [1.165, 1.54) is 0 Å². The van der Waals surface area contributed by atoms with Crippen molar-refractivity contribution in [2.45, 2.75) is 212 Å². The minimum absolute atomic E-state index is 0.000801. The summed E-state index contributed by atoms with van der Waals surface area (Å²) in [7, 11) is 14.6. The monoisotopic (exact) mass is 1020 g/mol. The molecule has 5 aliphatic carbocycles. The molecule has 0 spiro atoms. The highest BCUT2D eigenvalue weighted by molar-refractivity contribution is 5.78. The fourth-order valence-corrected chi connectivity index (χ4v) is 16.9. The van der Waals surface area contributed by atoms with Crippen LogP contribution in [0.1, 0.15) is 120 Å². The number of allylic oxidation sites excluding steroid dienone is 2. The zero-order valence-corrected chi connectivity index (χ0v) is 47.0. The van der Waals surface area contributed by atoms with E-state index in [-0.39, 0.29) is 58.3 Å². The van der Waals surface area contributed by atoms with Crippen LogP contribution in [0.25, 0.3) is 0 Å². The first-order valence-electron chi connectivity index (χ1n) is 27.0. The van der Waals surface area contributed by atoms with Crippen LogP contribution in [0.4, 0.5) is 0 Å². The van der Waals surface area contributed by atoms with E-state index in [9.17, 15) is 4.79 Å². The first-order valence-corrected chi connectivity index (χ1v) is 27.0. The molecule has 22 unspecified atom stereocenters.